The van der Waals surface area contributed by atoms with Gasteiger partial charge in [0.1, 0.15) is 0 Å². The van der Waals surface area contributed by atoms with Crippen LogP contribution >= 0.6 is 0 Å². The van der Waals surface area contributed by atoms with E-state index in [4.69, 9.17) is 9.47 Å². The van der Waals surface area contributed by atoms with Crippen molar-refractivity contribution in [3.8, 4) is 11.1 Å². The Kier molecular flexibility index (Phi) is 8.19. The average molecular weight is 454 g/mol. The van der Waals surface area contributed by atoms with Gasteiger partial charge in [0.15, 0.2) is 0 Å². The van der Waals surface area contributed by atoms with Crippen LogP contribution in [0.25, 0.3) is 11.1 Å². The Morgan fingerprint density at radius 3 is 2.24 bits per heavy atom. The fourth-order valence-corrected chi connectivity index (χ4v) is 3.78. The lowest BCUT2D eigenvalue weighted by atomic mass is 9.99. The minimum Gasteiger partial charge on any atom is -0.467 e. The highest BCUT2D eigenvalue weighted by Gasteiger charge is 2.43. The van der Waals surface area contributed by atoms with Gasteiger partial charge in [-0.3, -0.25) is 14.5 Å². The molecule has 1 saturated heterocycles. The molecule has 0 aromatic heterocycles. The molecule has 1 heterocycles. The third-order valence-corrected chi connectivity index (χ3v) is 5.79. The Balaban J connectivity index is 1.67. The monoisotopic (exact) mass is 453 g/mol. The van der Waals surface area contributed by atoms with Crippen LogP contribution in [0.3, 0.4) is 0 Å². The van der Waals surface area contributed by atoms with E-state index < -0.39 is 23.3 Å². The Bertz CT molecular complexity index is 949. The highest BCUT2D eigenvalue weighted by Crippen LogP contribution is 2.21. The number of carbonyl (C=O) groups excluding carboxylic acids is 3. The number of nitrogens with zero attached hydrogens (tertiary/aromatic N) is 1. The molecule has 3 rings (SSSR count). The van der Waals surface area contributed by atoms with Crippen LogP contribution in [0.15, 0.2) is 48.5 Å². The van der Waals surface area contributed by atoms with Gasteiger partial charge in [0.05, 0.1) is 13.7 Å². The van der Waals surface area contributed by atoms with Gasteiger partial charge >= 0.3 is 5.97 Å². The van der Waals surface area contributed by atoms with Crippen molar-refractivity contribution in [2.45, 2.75) is 25.4 Å². The van der Waals surface area contributed by atoms with E-state index in [0.717, 1.165) is 57.5 Å². The second-order valence-corrected chi connectivity index (χ2v) is 8.17. The fourth-order valence-electron chi connectivity index (χ4n) is 3.78. The molecule has 1 aliphatic rings. The summed E-state index contributed by atoms with van der Waals surface area (Å²) in [4.78, 5) is 39.4. The van der Waals surface area contributed by atoms with Crippen molar-refractivity contribution >= 4 is 17.8 Å². The van der Waals surface area contributed by atoms with Crippen LogP contribution in [0.1, 0.15) is 29.3 Å². The van der Waals surface area contributed by atoms with Gasteiger partial charge in [-0.05, 0) is 42.2 Å². The van der Waals surface area contributed by atoms with Crippen LogP contribution in [-0.2, 0) is 25.6 Å². The number of esters is 1. The topological polar surface area (TPSA) is 97.0 Å². The van der Waals surface area contributed by atoms with Gasteiger partial charge in [0, 0.05) is 38.9 Å². The molecule has 0 saturated carbocycles. The number of carbonyl (C=O) groups is 3. The van der Waals surface area contributed by atoms with Crippen LogP contribution in [0.2, 0.25) is 0 Å². The lowest BCUT2D eigenvalue weighted by Gasteiger charge is -2.25. The van der Waals surface area contributed by atoms with Gasteiger partial charge in [-0.15, -0.1) is 0 Å². The zero-order valence-corrected chi connectivity index (χ0v) is 19.3. The summed E-state index contributed by atoms with van der Waals surface area (Å²) in [5.41, 5.74) is 1.75. The zero-order chi connectivity index (χ0) is 23.8. The SMILES string of the molecule is CNC(=O)C(C)(NC(=O)c1ccc(-c2ccc(CN3CCCOCC3)cc2)cc1)C(=O)OC. The summed E-state index contributed by atoms with van der Waals surface area (Å²) >= 11 is 0. The number of amides is 2. The van der Waals surface area contributed by atoms with Crippen molar-refractivity contribution in [1.29, 1.82) is 0 Å². The van der Waals surface area contributed by atoms with Crippen molar-refractivity contribution in [3.05, 3.63) is 59.7 Å². The first-order valence-electron chi connectivity index (χ1n) is 11.0. The largest absolute Gasteiger partial charge is 0.467 e. The first-order chi connectivity index (χ1) is 15.9. The molecule has 176 valence electrons. The van der Waals surface area contributed by atoms with Crippen LogP contribution < -0.4 is 10.6 Å². The maximum Gasteiger partial charge on any atom is 0.341 e. The van der Waals surface area contributed by atoms with Gasteiger partial charge in [0.25, 0.3) is 11.8 Å². The van der Waals surface area contributed by atoms with E-state index in [2.05, 4.69) is 39.8 Å². The van der Waals surface area contributed by atoms with Gasteiger partial charge in [-0.2, -0.15) is 0 Å². The minimum absolute atomic E-state index is 0.331. The van der Waals surface area contributed by atoms with E-state index >= 15 is 0 Å². The summed E-state index contributed by atoms with van der Waals surface area (Å²) in [6.45, 7) is 5.80. The molecule has 2 N–H and O–H groups in total. The first kappa shape index (κ1) is 24.4. The van der Waals surface area contributed by atoms with E-state index in [0.29, 0.717) is 5.56 Å². The second kappa shape index (κ2) is 11.1. The number of rotatable bonds is 7. The maximum atomic E-state index is 12.7. The number of nitrogens with one attached hydrogen (secondary N) is 2. The van der Waals surface area contributed by atoms with Crippen molar-refractivity contribution in [2.75, 3.05) is 40.5 Å². The van der Waals surface area contributed by atoms with Gasteiger partial charge < -0.3 is 20.1 Å². The molecule has 8 heteroatoms. The number of benzene rings is 2. The lowest BCUT2D eigenvalue weighted by molar-refractivity contribution is -0.152. The second-order valence-electron chi connectivity index (χ2n) is 8.17. The number of hydrogen-bond donors (Lipinski definition) is 2. The molecule has 0 aliphatic carbocycles. The lowest BCUT2D eigenvalue weighted by Crippen LogP contribution is -2.61. The molecular formula is C25H31N3O5. The van der Waals surface area contributed by atoms with E-state index in [9.17, 15) is 14.4 Å². The summed E-state index contributed by atoms with van der Waals surface area (Å²) in [5, 5.41) is 4.86. The molecule has 0 spiro atoms. The summed E-state index contributed by atoms with van der Waals surface area (Å²) in [6.07, 6.45) is 1.06. The number of hydrogen-bond acceptors (Lipinski definition) is 6. The first-order valence-corrected chi connectivity index (χ1v) is 11.0. The minimum atomic E-state index is -1.82. The summed E-state index contributed by atoms with van der Waals surface area (Å²) < 4.78 is 10.2. The molecule has 0 bridgehead atoms. The molecular weight excluding hydrogens is 422 g/mol. The maximum absolute atomic E-state index is 12.7. The van der Waals surface area contributed by atoms with Gasteiger partial charge in [-0.1, -0.05) is 36.4 Å². The molecule has 1 unspecified atom stereocenters. The summed E-state index contributed by atoms with van der Waals surface area (Å²) in [5.74, 6) is -2.05. The molecule has 1 fully saturated rings. The third-order valence-electron chi connectivity index (χ3n) is 5.79. The average Bonchev–Trinajstić information content (AvgIpc) is 3.12. The summed E-state index contributed by atoms with van der Waals surface area (Å²) in [7, 11) is 2.55. The predicted molar refractivity (Wildman–Crippen MR) is 125 cm³/mol. The number of methoxy groups -OCH3 is 1. The quantitative estimate of drug-likeness (QED) is 0.492. The Labute approximate surface area is 194 Å². The molecule has 2 aromatic rings. The van der Waals surface area contributed by atoms with Gasteiger partial charge in [-0.25, -0.2) is 4.79 Å². The van der Waals surface area contributed by atoms with Crippen LogP contribution in [-0.4, -0.2) is 68.7 Å². The predicted octanol–water partition coefficient (Wildman–Crippen LogP) is 1.98. The molecule has 2 aromatic carbocycles. The Morgan fingerprint density at radius 1 is 1.00 bits per heavy atom. The molecule has 8 nitrogen and oxygen atoms in total. The van der Waals surface area contributed by atoms with Crippen molar-refractivity contribution in [3.63, 3.8) is 0 Å². The van der Waals surface area contributed by atoms with Crippen LogP contribution in [0.5, 0.6) is 0 Å². The van der Waals surface area contributed by atoms with E-state index in [1.54, 1.807) is 12.1 Å². The van der Waals surface area contributed by atoms with E-state index in [-0.39, 0.29) is 0 Å². The van der Waals surface area contributed by atoms with Gasteiger partial charge in [0.2, 0.25) is 5.54 Å². The smallest absolute Gasteiger partial charge is 0.341 e. The van der Waals surface area contributed by atoms with Crippen molar-refractivity contribution < 1.29 is 23.9 Å². The summed E-state index contributed by atoms with van der Waals surface area (Å²) in [6, 6.07) is 15.4. The van der Waals surface area contributed by atoms with Crippen LogP contribution in [0.4, 0.5) is 0 Å². The number of ether oxygens (including phenoxy) is 2. The third kappa shape index (κ3) is 5.97. The van der Waals surface area contributed by atoms with Crippen LogP contribution in [0, 0.1) is 0 Å². The standard InChI is InChI=1S/C25H31N3O5/c1-25(23(30)26-2,24(31)32-3)27-22(29)21-11-9-20(10-12-21)19-7-5-18(6-8-19)17-28-13-4-15-33-16-14-28/h5-12H,4,13-17H2,1-3H3,(H,26,30)(H,27,29). The highest BCUT2D eigenvalue weighted by atomic mass is 16.5. The highest BCUT2D eigenvalue weighted by molar-refractivity contribution is 6.11. The fraction of sp³-hybridized carbons (Fsp3) is 0.400. The van der Waals surface area contributed by atoms with E-state index in [1.165, 1.54) is 19.5 Å². The molecule has 0 radical (unpaired) electrons. The van der Waals surface area contributed by atoms with Crippen molar-refractivity contribution in [2.24, 2.45) is 0 Å². The van der Waals surface area contributed by atoms with Crippen molar-refractivity contribution in [1.82, 2.24) is 15.5 Å². The number of likely N-dealkylation sites (N-methyl/N-ethyl adjacent to an activating group) is 1. The molecule has 2 amide bonds. The molecule has 1 atom stereocenters. The molecule has 33 heavy (non-hydrogen) atoms. The zero-order valence-electron chi connectivity index (χ0n) is 19.3. The van der Waals surface area contributed by atoms with E-state index in [1.807, 2.05) is 12.1 Å². The Hall–Kier alpha value is -3.23. The normalized spacial score (nSPS) is 16.2. The Morgan fingerprint density at radius 2 is 1.64 bits per heavy atom. The molecule has 1 aliphatic heterocycles.